The number of anilines is 1. The van der Waals surface area contributed by atoms with Crippen molar-refractivity contribution < 1.29 is 14.3 Å². The summed E-state index contributed by atoms with van der Waals surface area (Å²) in [6.07, 6.45) is 2.48. The summed E-state index contributed by atoms with van der Waals surface area (Å²) >= 11 is 18.5. The van der Waals surface area contributed by atoms with E-state index in [1.807, 2.05) is 24.3 Å². The second-order valence-corrected chi connectivity index (χ2v) is 8.91. The van der Waals surface area contributed by atoms with E-state index in [1.54, 1.807) is 31.4 Å². The average Bonchev–Trinajstić information content (AvgIpc) is 2.97. The van der Waals surface area contributed by atoms with Gasteiger partial charge in [-0.25, -0.2) is 0 Å². The summed E-state index contributed by atoms with van der Waals surface area (Å²) in [5.41, 5.74) is 1.35. The van der Waals surface area contributed by atoms with E-state index in [4.69, 9.17) is 40.2 Å². The number of hydrogen-bond donors (Lipinski definition) is 1. The molecule has 2 aromatic rings. The minimum atomic E-state index is -0.198. The van der Waals surface area contributed by atoms with Crippen LogP contribution in [-0.2, 0) is 9.59 Å². The fraction of sp³-hybridized carbons (Fsp3) is 0.190. The molecule has 1 heterocycles. The van der Waals surface area contributed by atoms with E-state index in [9.17, 15) is 9.59 Å². The number of benzene rings is 2. The first kappa shape index (κ1) is 22.6. The van der Waals surface area contributed by atoms with E-state index < -0.39 is 0 Å². The normalized spacial score (nSPS) is 15.0. The number of methoxy groups -OCH3 is 1. The Bertz CT molecular complexity index is 1030. The SMILES string of the molecule is COc1cccc(C=C2SC(=S)N(CCCC(=O)Nc3ccc(Cl)cc3Cl)C2=O)c1. The van der Waals surface area contributed by atoms with Crippen LogP contribution >= 0.6 is 47.2 Å². The van der Waals surface area contributed by atoms with Crippen LogP contribution in [0.4, 0.5) is 5.69 Å². The van der Waals surface area contributed by atoms with Gasteiger partial charge in [-0.15, -0.1) is 0 Å². The van der Waals surface area contributed by atoms with Crippen molar-refractivity contribution in [2.75, 3.05) is 19.0 Å². The first-order valence-corrected chi connectivity index (χ1v) is 11.0. The highest BCUT2D eigenvalue weighted by Gasteiger charge is 2.31. The minimum Gasteiger partial charge on any atom is -0.497 e. The van der Waals surface area contributed by atoms with Gasteiger partial charge in [-0.2, -0.15) is 0 Å². The van der Waals surface area contributed by atoms with Crippen LogP contribution < -0.4 is 10.1 Å². The molecule has 5 nitrogen and oxygen atoms in total. The standard InChI is InChI=1S/C21H18Cl2N2O3S2/c1-28-15-5-2-4-13(10-15)11-18-20(27)25(21(29)30-18)9-3-6-19(26)24-17-8-7-14(22)12-16(17)23/h2,4-5,7-8,10-12H,3,6,9H2,1H3,(H,24,26). The fourth-order valence-corrected chi connectivity index (χ4v) is 4.54. The summed E-state index contributed by atoms with van der Waals surface area (Å²) in [4.78, 5) is 27.0. The van der Waals surface area contributed by atoms with Crippen LogP contribution in [0.5, 0.6) is 5.75 Å². The molecule has 2 aromatic carbocycles. The third-order valence-electron chi connectivity index (χ3n) is 4.26. The number of halogens is 2. The largest absolute Gasteiger partial charge is 0.497 e. The minimum absolute atomic E-state index is 0.158. The molecule has 1 aliphatic rings. The van der Waals surface area contributed by atoms with E-state index >= 15 is 0 Å². The van der Waals surface area contributed by atoms with Gasteiger partial charge in [0.2, 0.25) is 5.91 Å². The molecule has 1 aliphatic heterocycles. The lowest BCUT2D eigenvalue weighted by molar-refractivity contribution is -0.122. The molecule has 0 radical (unpaired) electrons. The number of ether oxygens (including phenoxy) is 1. The lowest BCUT2D eigenvalue weighted by Crippen LogP contribution is -2.29. The van der Waals surface area contributed by atoms with Gasteiger partial charge in [-0.3, -0.25) is 14.5 Å². The van der Waals surface area contributed by atoms with E-state index in [1.165, 1.54) is 16.7 Å². The maximum absolute atomic E-state index is 12.7. The topological polar surface area (TPSA) is 58.6 Å². The van der Waals surface area contributed by atoms with Crippen molar-refractivity contribution >= 4 is 75.1 Å². The molecular weight excluding hydrogens is 463 g/mol. The molecule has 156 valence electrons. The van der Waals surface area contributed by atoms with Crippen LogP contribution in [0, 0.1) is 0 Å². The van der Waals surface area contributed by atoms with Crippen molar-refractivity contribution in [3.63, 3.8) is 0 Å². The summed E-state index contributed by atoms with van der Waals surface area (Å²) < 4.78 is 5.69. The third-order valence-corrected chi connectivity index (χ3v) is 6.18. The predicted octanol–water partition coefficient (Wildman–Crippen LogP) is 5.62. The Hall–Kier alpha value is -2.06. The molecule has 2 amide bonds. The molecule has 9 heteroatoms. The predicted molar refractivity (Wildman–Crippen MR) is 127 cm³/mol. The number of thioether (sulfide) groups is 1. The van der Waals surface area contributed by atoms with Crippen LogP contribution in [-0.4, -0.2) is 34.7 Å². The highest BCUT2D eigenvalue weighted by molar-refractivity contribution is 8.26. The van der Waals surface area contributed by atoms with Gasteiger partial charge in [-0.05, 0) is 48.4 Å². The molecule has 0 aliphatic carbocycles. The lowest BCUT2D eigenvalue weighted by atomic mass is 10.2. The number of carbonyl (C=O) groups is 2. The summed E-state index contributed by atoms with van der Waals surface area (Å²) in [5, 5.41) is 3.61. The number of thiocarbonyl (C=S) groups is 1. The van der Waals surface area contributed by atoms with Crippen molar-refractivity contribution in [1.82, 2.24) is 4.90 Å². The molecule has 0 bridgehead atoms. The molecule has 1 fully saturated rings. The third kappa shape index (κ3) is 5.76. The van der Waals surface area contributed by atoms with Crippen molar-refractivity contribution in [3.05, 3.63) is 63.0 Å². The van der Waals surface area contributed by atoms with Crippen molar-refractivity contribution in [3.8, 4) is 5.75 Å². The number of hydrogen-bond acceptors (Lipinski definition) is 5. The lowest BCUT2D eigenvalue weighted by Gasteiger charge is -2.14. The number of nitrogens with one attached hydrogen (secondary N) is 1. The summed E-state index contributed by atoms with van der Waals surface area (Å²) in [6.45, 7) is 0.363. The van der Waals surface area contributed by atoms with Crippen LogP contribution in [0.1, 0.15) is 18.4 Å². The molecular formula is C21H18Cl2N2O3S2. The molecule has 0 spiro atoms. The first-order valence-electron chi connectivity index (χ1n) is 9.01. The van der Waals surface area contributed by atoms with Gasteiger partial charge in [0.1, 0.15) is 10.1 Å². The second kappa shape index (κ2) is 10.3. The van der Waals surface area contributed by atoms with Crippen LogP contribution in [0.15, 0.2) is 47.4 Å². The zero-order chi connectivity index (χ0) is 21.7. The molecule has 30 heavy (non-hydrogen) atoms. The van der Waals surface area contributed by atoms with E-state index in [0.29, 0.717) is 43.7 Å². The zero-order valence-corrected chi connectivity index (χ0v) is 19.1. The summed E-state index contributed by atoms with van der Waals surface area (Å²) in [7, 11) is 1.59. The van der Waals surface area contributed by atoms with Crippen molar-refractivity contribution in [1.29, 1.82) is 0 Å². The van der Waals surface area contributed by atoms with E-state index in [2.05, 4.69) is 5.32 Å². The molecule has 0 unspecified atom stereocenters. The molecule has 3 rings (SSSR count). The fourth-order valence-electron chi connectivity index (χ4n) is 2.78. The average molecular weight is 481 g/mol. The van der Waals surface area contributed by atoms with E-state index in [-0.39, 0.29) is 18.2 Å². The molecule has 0 atom stereocenters. The Labute approximate surface area is 194 Å². The molecule has 0 saturated carbocycles. The maximum Gasteiger partial charge on any atom is 0.266 e. The van der Waals surface area contributed by atoms with Crippen molar-refractivity contribution in [2.24, 2.45) is 0 Å². The van der Waals surface area contributed by atoms with Gasteiger partial charge in [0.25, 0.3) is 5.91 Å². The molecule has 0 aromatic heterocycles. The van der Waals surface area contributed by atoms with Crippen LogP contribution in [0.3, 0.4) is 0 Å². The molecule has 1 N–H and O–H groups in total. The first-order chi connectivity index (χ1) is 14.4. The van der Waals surface area contributed by atoms with Gasteiger partial charge >= 0.3 is 0 Å². The summed E-state index contributed by atoms with van der Waals surface area (Å²) in [6, 6.07) is 12.3. The Balaban J connectivity index is 1.55. The Kier molecular flexibility index (Phi) is 7.77. The number of amides is 2. The Morgan fingerprint density at radius 2 is 2.07 bits per heavy atom. The molecule has 1 saturated heterocycles. The van der Waals surface area contributed by atoms with Gasteiger partial charge < -0.3 is 10.1 Å². The van der Waals surface area contributed by atoms with Gasteiger partial charge in [0.05, 0.1) is 22.7 Å². The maximum atomic E-state index is 12.7. The smallest absolute Gasteiger partial charge is 0.266 e. The Morgan fingerprint density at radius 3 is 2.80 bits per heavy atom. The summed E-state index contributed by atoms with van der Waals surface area (Å²) in [5.74, 6) is 0.358. The van der Waals surface area contributed by atoms with Crippen molar-refractivity contribution in [2.45, 2.75) is 12.8 Å². The van der Waals surface area contributed by atoms with E-state index in [0.717, 1.165) is 5.56 Å². The highest BCUT2D eigenvalue weighted by atomic mass is 35.5. The highest BCUT2D eigenvalue weighted by Crippen LogP contribution is 2.33. The van der Waals surface area contributed by atoms with Gasteiger partial charge in [0.15, 0.2) is 0 Å². The van der Waals surface area contributed by atoms with Gasteiger partial charge in [-0.1, -0.05) is 59.3 Å². The second-order valence-electron chi connectivity index (χ2n) is 6.39. The number of nitrogens with zero attached hydrogens (tertiary/aromatic N) is 1. The van der Waals surface area contributed by atoms with Crippen LogP contribution in [0.25, 0.3) is 6.08 Å². The quantitative estimate of drug-likeness (QED) is 0.411. The monoisotopic (exact) mass is 480 g/mol. The van der Waals surface area contributed by atoms with Crippen LogP contribution in [0.2, 0.25) is 10.0 Å². The zero-order valence-electron chi connectivity index (χ0n) is 16.0. The Morgan fingerprint density at radius 1 is 1.27 bits per heavy atom. The number of carbonyl (C=O) groups excluding carboxylic acids is 2. The van der Waals surface area contributed by atoms with Gasteiger partial charge in [0, 0.05) is 18.0 Å². The number of rotatable bonds is 7.